The average Bonchev–Trinajstić information content (AvgIpc) is 3.29. The van der Waals surface area contributed by atoms with Crippen molar-refractivity contribution in [1.82, 2.24) is 20.2 Å². The highest BCUT2D eigenvalue weighted by Crippen LogP contribution is 2.34. The van der Waals surface area contributed by atoms with Crippen molar-refractivity contribution in [2.75, 3.05) is 33.4 Å². The average molecular weight is 394 g/mol. The second kappa shape index (κ2) is 8.32. The first-order valence-corrected chi connectivity index (χ1v) is 9.32. The number of ether oxygens (including phenoxy) is 2. The lowest BCUT2D eigenvalue weighted by atomic mass is 9.92. The second-order valence-corrected chi connectivity index (χ2v) is 6.72. The highest BCUT2D eigenvalue weighted by Gasteiger charge is 2.44. The summed E-state index contributed by atoms with van der Waals surface area (Å²) in [5.41, 5.74) is 0.548. The van der Waals surface area contributed by atoms with Crippen LogP contribution in [0.25, 0.3) is 11.5 Å². The first kappa shape index (κ1) is 18.9. The Morgan fingerprint density at radius 3 is 3.00 bits per heavy atom. The van der Waals surface area contributed by atoms with Crippen LogP contribution in [0, 0.1) is 0 Å². The van der Waals surface area contributed by atoms with Gasteiger partial charge < -0.3 is 24.1 Å². The maximum atomic E-state index is 11.9. The van der Waals surface area contributed by atoms with E-state index in [1.54, 1.807) is 36.7 Å². The molecule has 1 aliphatic heterocycles. The number of nitrogens with one attached hydrogen (secondary N) is 1. The molecule has 4 rings (SSSR count). The van der Waals surface area contributed by atoms with Gasteiger partial charge in [0.15, 0.2) is 0 Å². The zero-order valence-electron chi connectivity index (χ0n) is 16.1. The van der Waals surface area contributed by atoms with Gasteiger partial charge in [0.1, 0.15) is 35.6 Å². The molecule has 0 radical (unpaired) electrons. The number of methoxy groups -OCH3 is 1. The maximum absolute atomic E-state index is 11.9. The third-order valence-electron chi connectivity index (χ3n) is 5.05. The van der Waals surface area contributed by atoms with Crippen molar-refractivity contribution in [3.05, 3.63) is 60.7 Å². The van der Waals surface area contributed by atoms with Crippen LogP contribution in [0.3, 0.4) is 0 Å². The minimum absolute atomic E-state index is 0.211. The van der Waals surface area contributed by atoms with E-state index in [4.69, 9.17) is 18.9 Å². The van der Waals surface area contributed by atoms with Gasteiger partial charge in [0, 0.05) is 25.8 Å². The number of hydrogen-bond acceptors (Lipinski definition) is 7. The number of carbonyl (C=O) groups is 1. The summed E-state index contributed by atoms with van der Waals surface area (Å²) in [5, 5.41) is 3.34. The van der Waals surface area contributed by atoms with Crippen LogP contribution in [-0.2, 0) is 10.3 Å². The number of aromatic nitrogens is 2. The molecular weight excluding hydrogens is 372 g/mol. The molecule has 1 atom stereocenters. The first-order chi connectivity index (χ1) is 14.3. The van der Waals surface area contributed by atoms with E-state index in [1.165, 1.54) is 0 Å². The number of rotatable bonds is 7. The Balaban J connectivity index is 1.70. The second-order valence-electron chi connectivity index (χ2n) is 6.72. The fourth-order valence-corrected chi connectivity index (χ4v) is 3.48. The number of nitrogens with zero attached hydrogens (tertiary/aromatic N) is 3. The molecule has 29 heavy (non-hydrogen) atoms. The van der Waals surface area contributed by atoms with Crippen LogP contribution in [0.1, 0.15) is 5.69 Å². The van der Waals surface area contributed by atoms with Gasteiger partial charge in [-0.3, -0.25) is 9.78 Å². The molecule has 0 bridgehead atoms. The largest absolute Gasteiger partial charge is 0.496 e. The van der Waals surface area contributed by atoms with E-state index in [0.29, 0.717) is 42.7 Å². The lowest BCUT2D eigenvalue weighted by Gasteiger charge is -2.43. The Bertz CT molecular complexity index is 962. The number of hydrogen-bond donors (Lipinski definition) is 1. The lowest BCUT2D eigenvalue weighted by molar-refractivity contribution is -0.127. The molecule has 1 amide bonds. The summed E-state index contributed by atoms with van der Waals surface area (Å²) in [6.45, 7) is 1.94. The van der Waals surface area contributed by atoms with Crippen molar-refractivity contribution < 1.29 is 18.7 Å². The van der Waals surface area contributed by atoms with Gasteiger partial charge in [-0.25, -0.2) is 4.98 Å². The van der Waals surface area contributed by atoms with Gasteiger partial charge in [0.05, 0.1) is 18.9 Å². The van der Waals surface area contributed by atoms with Crippen molar-refractivity contribution in [2.45, 2.75) is 5.54 Å². The first-order valence-electron chi connectivity index (χ1n) is 9.32. The summed E-state index contributed by atoms with van der Waals surface area (Å²) in [7, 11) is 1.60. The number of carbonyl (C=O) groups excluding carboxylic acids is 1. The molecule has 8 heteroatoms. The summed E-state index contributed by atoms with van der Waals surface area (Å²) in [5.74, 6) is 1.71. The van der Waals surface area contributed by atoms with Crippen molar-refractivity contribution in [3.8, 4) is 23.0 Å². The lowest BCUT2D eigenvalue weighted by Crippen LogP contribution is -2.61. The van der Waals surface area contributed by atoms with Crippen LogP contribution < -0.4 is 14.8 Å². The highest BCUT2D eigenvalue weighted by atomic mass is 16.5. The Hall–Kier alpha value is -3.39. The quantitative estimate of drug-likeness (QED) is 0.614. The molecule has 3 aromatic rings. The molecule has 1 fully saturated rings. The number of para-hydroxylation sites is 1. The third-order valence-corrected chi connectivity index (χ3v) is 5.05. The van der Waals surface area contributed by atoms with Crippen molar-refractivity contribution >= 4 is 6.41 Å². The fourth-order valence-electron chi connectivity index (χ4n) is 3.48. The van der Waals surface area contributed by atoms with E-state index in [2.05, 4.69) is 10.3 Å². The van der Waals surface area contributed by atoms with Crippen LogP contribution in [0.15, 0.2) is 59.5 Å². The Morgan fingerprint density at radius 2 is 2.21 bits per heavy atom. The van der Waals surface area contributed by atoms with E-state index in [1.807, 2.05) is 30.3 Å². The van der Waals surface area contributed by atoms with Crippen molar-refractivity contribution in [2.24, 2.45) is 0 Å². The Morgan fingerprint density at radius 1 is 1.31 bits per heavy atom. The molecule has 2 aromatic heterocycles. The van der Waals surface area contributed by atoms with E-state index in [0.717, 1.165) is 12.0 Å². The zero-order chi connectivity index (χ0) is 20.1. The number of piperazine rings is 1. The van der Waals surface area contributed by atoms with Gasteiger partial charge in [0.2, 0.25) is 12.3 Å². The number of amides is 1. The summed E-state index contributed by atoms with van der Waals surface area (Å²) < 4.78 is 17.2. The van der Waals surface area contributed by atoms with Gasteiger partial charge in [-0.05, 0) is 24.3 Å². The van der Waals surface area contributed by atoms with Gasteiger partial charge in [-0.1, -0.05) is 12.1 Å². The van der Waals surface area contributed by atoms with E-state index < -0.39 is 5.54 Å². The maximum Gasteiger partial charge on any atom is 0.230 e. The number of oxazole rings is 1. The van der Waals surface area contributed by atoms with Crippen LogP contribution >= 0.6 is 0 Å². The highest BCUT2D eigenvalue weighted by molar-refractivity contribution is 5.63. The summed E-state index contributed by atoms with van der Waals surface area (Å²) in [6, 6.07) is 11.1. The topological polar surface area (TPSA) is 89.7 Å². The molecule has 1 unspecified atom stereocenters. The molecule has 3 heterocycles. The van der Waals surface area contributed by atoms with Crippen molar-refractivity contribution in [1.29, 1.82) is 0 Å². The van der Waals surface area contributed by atoms with E-state index >= 15 is 0 Å². The molecule has 1 N–H and O–H groups in total. The van der Waals surface area contributed by atoms with E-state index in [-0.39, 0.29) is 6.61 Å². The fraction of sp³-hybridized carbons (Fsp3) is 0.286. The molecule has 0 aliphatic carbocycles. The van der Waals surface area contributed by atoms with Crippen molar-refractivity contribution in [3.63, 3.8) is 0 Å². The molecule has 1 aromatic carbocycles. The van der Waals surface area contributed by atoms with E-state index in [9.17, 15) is 4.79 Å². The van der Waals surface area contributed by atoms with Gasteiger partial charge in [-0.15, -0.1) is 0 Å². The number of pyridine rings is 1. The van der Waals surface area contributed by atoms with Crippen LogP contribution in [0.4, 0.5) is 0 Å². The SMILES string of the molecule is COc1ccccc1-c1nc(C2(COc3cccnc3)CNCCN2C=O)co1. The molecule has 1 aliphatic rings. The molecule has 8 nitrogen and oxygen atoms in total. The normalized spacial score (nSPS) is 19.0. The minimum atomic E-state index is -0.806. The molecule has 150 valence electrons. The molecule has 0 saturated carbocycles. The standard InChI is InChI=1S/C21H22N4O4/c1-27-18-7-3-2-6-17(18)20-24-19(12-28-20)21(13-23-9-10-25(21)15-26)14-29-16-5-4-8-22-11-16/h2-8,11-12,15,23H,9-10,13-14H2,1H3. The van der Waals surface area contributed by atoms with Crippen LogP contribution in [-0.4, -0.2) is 54.6 Å². The molecule has 0 spiro atoms. The minimum Gasteiger partial charge on any atom is -0.496 e. The molecule has 1 saturated heterocycles. The summed E-state index contributed by atoms with van der Waals surface area (Å²) in [6.07, 6.45) is 5.74. The predicted octanol–water partition coefficient (Wildman–Crippen LogP) is 2.08. The monoisotopic (exact) mass is 394 g/mol. The smallest absolute Gasteiger partial charge is 0.230 e. The third kappa shape index (κ3) is 3.66. The summed E-state index contributed by atoms with van der Waals surface area (Å²) in [4.78, 5) is 22.4. The zero-order valence-corrected chi connectivity index (χ0v) is 16.1. The van der Waals surface area contributed by atoms with Crippen LogP contribution in [0.5, 0.6) is 11.5 Å². The molecular formula is C21H22N4O4. The predicted molar refractivity (Wildman–Crippen MR) is 106 cm³/mol. The van der Waals surface area contributed by atoms with Gasteiger partial charge in [0.25, 0.3) is 0 Å². The van der Waals surface area contributed by atoms with Gasteiger partial charge in [-0.2, -0.15) is 0 Å². The summed E-state index contributed by atoms with van der Waals surface area (Å²) >= 11 is 0. The Kier molecular flexibility index (Phi) is 5.44. The van der Waals surface area contributed by atoms with Crippen LogP contribution in [0.2, 0.25) is 0 Å². The number of benzene rings is 1. The van der Waals surface area contributed by atoms with Gasteiger partial charge >= 0.3 is 0 Å². The Labute approximate surface area is 168 Å².